The zero-order valence-electron chi connectivity index (χ0n) is 27.0. The molecule has 0 spiro atoms. The van der Waals surface area contributed by atoms with Crippen LogP contribution >= 0.6 is 0 Å². The van der Waals surface area contributed by atoms with Gasteiger partial charge in [0.1, 0.15) is 22.7 Å². The first-order valence-corrected chi connectivity index (χ1v) is 17.0. The van der Waals surface area contributed by atoms with Gasteiger partial charge in [0, 0.05) is 51.1 Å². The number of nitrogens with zero attached hydrogens (tertiary/aromatic N) is 5. The Kier molecular flexibility index (Phi) is 5.69. The summed E-state index contributed by atoms with van der Waals surface area (Å²) in [5.41, 5.74) is 12.7. The number of hydrogen-bond acceptors (Lipinski definition) is 3. The van der Waals surface area contributed by atoms with Crippen LogP contribution in [0.25, 0.3) is 94.6 Å². The van der Waals surface area contributed by atoms with Gasteiger partial charge < -0.3 is 13.6 Å². The topological polar surface area (TPSA) is 53.7 Å². The van der Waals surface area contributed by atoms with Crippen LogP contribution in [-0.2, 0) is 13.1 Å². The van der Waals surface area contributed by atoms with E-state index in [9.17, 15) is 0 Å². The van der Waals surface area contributed by atoms with E-state index in [-0.39, 0.29) is 0 Å². The molecule has 11 rings (SSSR count). The molecule has 0 aliphatic carbocycles. The molecule has 0 saturated heterocycles. The van der Waals surface area contributed by atoms with Gasteiger partial charge in [-0.3, -0.25) is 4.68 Å². The Hall–Kier alpha value is -6.66. The second kappa shape index (κ2) is 10.4. The van der Waals surface area contributed by atoms with Crippen molar-refractivity contribution in [3.05, 3.63) is 152 Å². The fraction of sp³-hybridized carbons (Fsp3) is 0.0455. The maximum Gasteiger partial charge on any atom is 0.144 e. The number of hydrogen-bond donors (Lipinski definition) is 0. The fourth-order valence-electron chi connectivity index (χ4n) is 8.01. The molecule has 6 nitrogen and oxygen atoms in total. The molecule has 0 fully saturated rings. The van der Waals surface area contributed by atoms with Crippen LogP contribution in [0.3, 0.4) is 0 Å². The lowest BCUT2D eigenvalue weighted by Gasteiger charge is -2.19. The van der Waals surface area contributed by atoms with Crippen LogP contribution in [0.4, 0.5) is 0 Å². The summed E-state index contributed by atoms with van der Waals surface area (Å²) in [6, 6.07) is 51.6. The highest BCUT2D eigenvalue weighted by molar-refractivity contribution is 6.13. The van der Waals surface area contributed by atoms with Gasteiger partial charge in [0.25, 0.3) is 0 Å². The van der Waals surface area contributed by atoms with Gasteiger partial charge in [-0.15, -0.1) is 0 Å². The van der Waals surface area contributed by atoms with Gasteiger partial charge in [0.05, 0.1) is 29.0 Å². The number of fused-ring (bicyclic) bond motifs is 9. The highest BCUT2D eigenvalue weighted by atomic mass is 16.3. The largest absolute Gasteiger partial charge is 0.455 e. The van der Waals surface area contributed by atoms with Crippen molar-refractivity contribution in [3.63, 3.8) is 0 Å². The quantitative estimate of drug-likeness (QED) is 0.192. The average molecular weight is 644 g/mol. The Balaban J connectivity index is 1.12. The maximum atomic E-state index is 6.74. The van der Waals surface area contributed by atoms with Crippen molar-refractivity contribution < 1.29 is 4.42 Å². The Morgan fingerprint density at radius 2 is 1.34 bits per heavy atom. The zero-order chi connectivity index (χ0) is 32.8. The second-order valence-corrected chi connectivity index (χ2v) is 13.0. The lowest BCUT2D eigenvalue weighted by molar-refractivity contribution is 0.517. The number of aryl methyl sites for hydroxylation is 1. The summed E-state index contributed by atoms with van der Waals surface area (Å²) < 4.78 is 13.5. The van der Waals surface area contributed by atoms with E-state index in [2.05, 4.69) is 158 Å². The predicted molar refractivity (Wildman–Crippen MR) is 201 cm³/mol. The van der Waals surface area contributed by atoms with Gasteiger partial charge >= 0.3 is 0 Å². The summed E-state index contributed by atoms with van der Waals surface area (Å²) in [6.07, 6.45) is 1.88. The maximum absolute atomic E-state index is 6.74. The molecular weight excluding hydrogens is 615 g/mol. The van der Waals surface area contributed by atoms with Gasteiger partial charge in [0.15, 0.2) is 0 Å². The van der Waals surface area contributed by atoms with Gasteiger partial charge in [-0.25, -0.2) is 4.98 Å². The van der Waals surface area contributed by atoms with Crippen molar-refractivity contribution in [3.8, 4) is 50.8 Å². The Morgan fingerprint density at radius 3 is 2.22 bits per heavy atom. The normalized spacial score (nSPS) is 12.6. The van der Waals surface area contributed by atoms with Gasteiger partial charge in [-0.2, -0.15) is 5.10 Å². The molecule has 0 bridgehead atoms. The standard InChI is InChI=1S/C44H29N5O/c1-3-10-28(11-4-1)30-18-20-38-35(26-30)32-14-7-8-17-37(32)49(38)31-19-21-40-36(27-31)33-15-9-16-34(43(33)50-40)41-42-39-22-23-45-48(39)25-24-47(42)44(46-41)29-12-5-2-6-13-29/h1-23,26-27H,24-25H2. The summed E-state index contributed by atoms with van der Waals surface area (Å²) in [4.78, 5) is 5.34. The van der Waals surface area contributed by atoms with Crippen molar-refractivity contribution in [1.29, 1.82) is 0 Å². The van der Waals surface area contributed by atoms with Crippen molar-refractivity contribution in [2.45, 2.75) is 13.1 Å². The molecule has 6 heteroatoms. The molecule has 5 heterocycles. The molecule has 236 valence electrons. The fourth-order valence-corrected chi connectivity index (χ4v) is 8.01. The van der Waals surface area contributed by atoms with E-state index in [1.54, 1.807) is 0 Å². The number of para-hydroxylation sites is 2. The van der Waals surface area contributed by atoms with Gasteiger partial charge in [-0.1, -0.05) is 97.1 Å². The zero-order valence-corrected chi connectivity index (χ0v) is 27.0. The lowest BCUT2D eigenvalue weighted by atomic mass is 10.0. The smallest absolute Gasteiger partial charge is 0.144 e. The minimum absolute atomic E-state index is 0.798. The average Bonchev–Trinajstić information content (AvgIpc) is 3.96. The third kappa shape index (κ3) is 3.90. The molecule has 50 heavy (non-hydrogen) atoms. The van der Waals surface area contributed by atoms with Crippen LogP contribution in [0, 0.1) is 0 Å². The second-order valence-electron chi connectivity index (χ2n) is 13.0. The molecule has 1 aliphatic rings. The third-order valence-corrected chi connectivity index (χ3v) is 10.3. The first-order chi connectivity index (χ1) is 24.8. The van der Waals surface area contributed by atoms with Crippen LogP contribution < -0.4 is 0 Å². The molecule has 0 N–H and O–H groups in total. The molecule has 0 unspecified atom stereocenters. The van der Waals surface area contributed by atoms with Crippen LogP contribution in [0.15, 0.2) is 156 Å². The van der Waals surface area contributed by atoms with E-state index in [1.807, 2.05) is 12.3 Å². The van der Waals surface area contributed by atoms with E-state index in [0.29, 0.717) is 0 Å². The molecular formula is C44H29N5O. The Labute approximate surface area is 287 Å². The lowest BCUT2D eigenvalue weighted by Crippen LogP contribution is -2.17. The molecule has 0 atom stereocenters. The summed E-state index contributed by atoms with van der Waals surface area (Å²) in [7, 11) is 0. The van der Waals surface area contributed by atoms with E-state index in [0.717, 1.165) is 74.7 Å². The number of furan rings is 1. The van der Waals surface area contributed by atoms with Crippen LogP contribution in [0.5, 0.6) is 0 Å². The minimum Gasteiger partial charge on any atom is -0.455 e. The molecule has 6 aromatic carbocycles. The van der Waals surface area contributed by atoms with E-state index >= 15 is 0 Å². The van der Waals surface area contributed by atoms with Crippen LogP contribution in [-0.4, -0.2) is 23.9 Å². The highest BCUT2D eigenvalue weighted by Gasteiger charge is 2.28. The predicted octanol–water partition coefficient (Wildman–Crippen LogP) is 10.8. The van der Waals surface area contributed by atoms with E-state index in [1.165, 1.54) is 32.9 Å². The van der Waals surface area contributed by atoms with E-state index < -0.39 is 0 Å². The van der Waals surface area contributed by atoms with Crippen molar-refractivity contribution in [1.82, 2.24) is 23.9 Å². The first-order valence-electron chi connectivity index (χ1n) is 17.0. The number of aromatic nitrogens is 5. The molecule has 10 aromatic rings. The van der Waals surface area contributed by atoms with Crippen molar-refractivity contribution in [2.24, 2.45) is 0 Å². The van der Waals surface area contributed by atoms with Gasteiger partial charge in [0.2, 0.25) is 0 Å². The Morgan fingerprint density at radius 1 is 0.560 bits per heavy atom. The minimum atomic E-state index is 0.798. The van der Waals surface area contributed by atoms with Crippen molar-refractivity contribution in [2.75, 3.05) is 0 Å². The number of rotatable bonds is 4. The molecule has 0 saturated carbocycles. The first kappa shape index (κ1) is 27.3. The summed E-state index contributed by atoms with van der Waals surface area (Å²) in [5, 5.41) is 9.23. The van der Waals surface area contributed by atoms with Crippen molar-refractivity contribution >= 4 is 43.7 Å². The molecule has 4 aromatic heterocycles. The Bertz CT molecular complexity index is 2920. The molecule has 0 amide bonds. The third-order valence-electron chi connectivity index (χ3n) is 10.3. The SMILES string of the molecule is c1ccc(-c2ccc3c(c2)c2ccccc2n3-c2ccc3oc4c(-c5nc(-c6ccccc6)n6c5-c5ccnn5CC6)cccc4c3c2)cc1. The molecule has 0 radical (unpaired) electrons. The van der Waals surface area contributed by atoms with Crippen LogP contribution in [0.1, 0.15) is 0 Å². The summed E-state index contributed by atoms with van der Waals surface area (Å²) in [6.45, 7) is 1.60. The monoisotopic (exact) mass is 643 g/mol. The number of benzene rings is 6. The molecule has 1 aliphatic heterocycles. The van der Waals surface area contributed by atoms with Gasteiger partial charge in [-0.05, 0) is 59.7 Å². The summed E-state index contributed by atoms with van der Waals surface area (Å²) >= 11 is 0. The number of imidazole rings is 1. The van der Waals surface area contributed by atoms with Crippen LogP contribution in [0.2, 0.25) is 0 Å². The highest BCUT2D eigenvalue weighted by Crippen LogP contribution is 2.43. The summed E-state index contributed by atoms with van der Waals surface area (Å²) in [5.74, 6) is 0.959. The van der Waals surface area contributed by atoms with E-state index in [4.69, 9.17) is 9.40 Å².